The molecule has 2 heterocycles. The highest BCUT2D eigenvalue weighted by molar-refractivity contribution is 7.80. The second-order valence-electron chi connectivity index (χ2n) is 4.31. The second kappa shape index (κ2) is 6.21. The fraction of sp³-hybridized carbons (Fsp3) is 0.143. The van der Waals surface area contributed by atoms with Crippen molar-refractivity contribution < 1.29 is 4.79 Å². The summed E-state index contributed by atoms with van der Waals surface area (Å²) in [6.45, 7) is 0.500. The molecule has 0 aliphatic heterocycles. The molecule has 0 saturated carbocycles. The number of hydrogen-bond donors (Lipinski definition) is 1. The molecule has 0 unspecified atom stereocenters. The quantitative estimate of drug-likeness (QED) is 0.860. The summed E-state index contributed by atoms with van der Waals surface area (Å²) in [6, 6.07) is 7.06. The molecule has 0 aliphatic carbocycles. The van der Waals surface area contributed by atoms with E-state index >= 15 is 0 Å². The number of aromatic nitrogens is 2. The van der Waals surface area contributed by atoms with Crippen molar-refractivity contribution in [1.29, 1.82) is 0 Å². The summed E-state index contributed by atoms with van der Waals surface area (Å²) in [7, 11) is 1.73. The standard InChI is InChI=1S/C14H14N4OS/c1-18(9-10-4-6-16-7-5-10)14(19)12-3-2-11(8-17-12)13(15)20/h2-8H,9H2,1H3,(H2,15,20). The fourth-order valence-electron chi connectivity index (χ4n) is 1.70. The zero-order valence-corrected chi connectivity index (χ0v) is 11.8. The Morgan fingerprint density at radius 1 is 1.30 bits per heavy atom. The first-order valence-corrected chi connectivity index (χ1v) is 6.39. The average Bonchev–Trinajstić information content (AvgIpc) is 2.47. The Morgan fingerprint density at radius 3 is 2.55 bits per heavy atom. The van der Waals surface area contributed by atoms with Crippen LogP contribution in [0.5, 0.6) is 0 Å². The minimum atomic E-state index is -0.156. The smallest absolute Gasteiger partial charge is 0.272 e. The number of pyridine rings is 2. The van der Waals surface area contributed by atoms with Gasteiger partial charge in [-0.25, -0.2) is 0 Å². The first kappa shape index (κ1) is 14.1. The normalized spacial score (nSPS) is 10.1. The van der Waals surface area contributed by atoms with Crippen molar-refractivity contribution in [3.63, 3.8) is 0 Å². The largest absolute Gasteiger partial charge is 0.389 e. The molecule has 2 aromatic heterocycles. The molecule has 6 heteroatoms. The molecule has 0 aromatic carbocycles. The highest BCUT2D eigenvalue weighted by Gasteiger charge is 2.13. The summed E-state index contributed by atoms with van der Waals surface area (Å²) in [5, 5.41) is 0. The van der Waals surface area contributed by atoms with Gasteiger partial charge in [0.05, 0.1) is 0 Å². The SMILES string of the molecule is CN(Cc1ccncc1)C(=O)c1ccc(C(N)=S)cn1. The molecular formula is C14H14N4OS. The van der Waals surface area contributed by atoms with Gasteiger partial charge in [0.15, 0.2) is 0 Å². The van der Waals surface area contributed by atoms with Crippen LogP contribution in [0.1, 0.15) is 21.6 Å². The lowest BCUT2D eigenvalue weighted by molar-refractivity contribution is 0.0779. The zero-order chi connectivity index (χ0) is 14.5. The van der Waals surface area contributed by atoms with E-state index in [-0.39, 0.29) is 10.9 Å². The van der Waals surface area contributed by atoms with Gasteiger partial charge in [-0.05, 0) is 29.8 Å². The molecule has 0 spiro atoms. The van der Waals surface area contributed by atoms with Gasteiger partial charge in [-0.3, -0.25) is 14.8 Å². The van der Waals surface area contributed by atoms with Crippen LogP contribution in [-0.4, -0.2) is 32.8 Å². The van der Waals surface area contributed by atoms with Gasteiger partial charge < -0.3 is 10.6 Å². The summed E-state index contributed by atoms with van der Waals surface area (Å²) >= 11 is 4.85. The maximum absolute atomic E-state index is 12.2. The van der Waals surface area contributed by atoms with Gasteiger partial charge in [-0.2, -0.15) is 0 Å². The number of rotatable bonds is 4. The van der Waals surface area contributed by atoms with E-state index in [1.807, 2.05) is 12.1 Å². The van der Waals surface area contributed by atoms with E-state index in [0.29, 0.717) is 17.8 Å². The van der Waals surface area contributed by atoms with Crippen molar-refractivity contribution in [1.82, 2.24) is 14.9 Å². The number of thiocarbonyl (C=S) groups is 1. The Morgan fingerprint density at radius 2 is 2.00 bits per heavy atom. The summed E-state index contributed by atoms with van der Waals surface area (Å²) < 4.78 is 0. The Hall–Kier alpha value is -2.34. The first-order valence-electron chi connectivity index (χ1n) is 5.98. The van der Waals surface area contributed by atoms with Gasteiger partial charge in [0, 0.05) is 37.7 Å². The number of carbonyl (C=O) groups is 1. The van der Waals surface area contributed by atoms with Crippen LogP contribution in [-0.2, 0) is 6.54 Å². The monoisotopic (exact) mass is 286 g/mol. The van der Waals surface area contributed by atoms with Crippen LogP contribution < -0.4 is 5.73 Å². The maximum atomic E-state index is 12.2. The van der Waals surface area contributed by atoms with Crippen molar-refractivity contribution in [2.24, 2.45) is 5.73 Å². The molecule has 0 bridgehead atoms. The van der Waals surface area contributed by atoms with Crippen LogP contribution >= 0.6 is 12.2 Å². The minimum absolute atomic E-state index is 0.156. The minimum Gasteiger partial charge on any atom is -0.389 e. The maximum Gasteiger partial charge on any atom is 0.272 e. The Bertz CT molecular complexity index is 613. The third-order valence-electron chi connectivity index (χ3n) is 2.78. The predicted molar refractivity (Wildman–Crippen MR) is 80.2 cm³/mol. The number of carbonyl (C=O) groups excluding carboxylic acids is 1. The second-order valence-corrected chi connectivity index (χ2v) is 4.75. The van der Waals surface area contributed by atoms with Gasteiger partial charge in [0.25, 0.3) is 5.91 Å². The summed E-state index contributed by atoms with van der Waals surface area (Å²) in [5.74, 6) is -0.156. The molecule has 5 nitrogen and oxygen atoms in total. The Labute approximate surface area is 122 Å². The Balaban J connectivity index is 2.08. The van der Waals surface area contributed by atoms with Gasteiger partial charge in [-0.1, -0.05) is 12.2 Å². The topological polar surface area (TPSA) is 72.1 Å². The number of hydrogen-bond acceptors (Lipinski definition) is 4. The predicted octanol–water partition coefficient (Wildman–Crippen LogP) is 1.38. The number of amides is 1. The van der Waals surface area contributed by atoms with Crippen LogP contribution in [0.4, 0.5) is 0 Å². The molecule has 0 saturated heterocycles. The van der Waals surface area contributed by atoms with E-state index in [4.69, 9.17) is 18.0 Å². The van der Waals surface area contributed by atoms with E-state index in [0.717, 1.165) is 5.56 Å². The van der Waals surface area contributed by atoms with Crippen molar-refractivity contribution in [3.05, 3.63) is 59.7 Å². The number of nitrogens with two attached hydrogens (primary N) is 1. The van der Waals surface area contributed by atoms with Crippen LogP contribution in [0.2, 0.25) is 0 Å². The molecule has 0 aliphatic rings. The van der Waals surface area contributed by atoms with E-state index in [2.05, 4.69) is 9.97 Å². The van der Waals surface area contributed by atoms with E-state index < -0.39 is 0 Å². The van der Waals surface area contributed by atoms with Gasteiger partial charge >= 0.3 is 0 Å². The van der Waals surface area contributed by atoms with Crippen molar-refractivity contribution in [3.8, 4) is 0 Å². The van der Waals surface area contributed by atoms with E-state index in [1.54, 1.807) is 36.5 Å². The third kappa shape index (κ3) is 3.36. The van der Waals surface area contributed by atoms with Gasteiger partial charge in [0.1, 0.15) is 10.7 Å². The lowest BCUT2D eigenvalue weighted by Gasteiger charge is -2.16. The van der Waals surface area contributed by atoms with Crippen molar-refractivity contribution in [2.45, 2.75) is 6.54 Å². The molecule has 2 rings (SSSR count). The van der Waals surface area contributed by atoms with Gasteiger partial charge in [-0.15, -0.1) is 0 Å². The van der Waals surface area contributed by atoms with E-state index in [1.165, 1.54) is 6.20 Å². The van der Waals surface area contributed by atoms with Crippen LogP contribution in [0, 0.1) is 0 Å². The van der Waals surface area contributed by atoms with Gasteiger partial charge in [0.2, 0.25) is 0 Å². The fourth-order valence-corrected chi connectivity index (χ4v) is 1.82. The van der Waals surface area contributed by atoms with Crippen LogP contribution in [0.25, 0.3) is 0 Å². The summed E-state index contributed by atoms with van der Waals surface area (Å²) in [4.78, 5) is 22.1. The average molecular weight is 286 g/mol. The molecule has 0 radical (unpaired) electrons. The molecule has 1 amide bonds. The molecule has 2 N–H and O–H groups in total. The van der Waals surface area contributed by atoms with Crippen LogP contribution in [0.15, 0.2) is 42.9 Å². The van der Waals surface area contributed by atoms with Crippen molar-refractivity contribution >= 4 is 23.1 Å². The molecule has 102 valence electrons. The van der Waals surface area contributed by atoms with Crippen LogP contribution in [0.3, 0.4) is 0 Å². The molecule has 0 fully saturated rings. The summed E-state index contributed by atoms with van der Waals surface area (Å²) in [6.07, 6.45) is 4.90. The zero-order valence-electron chi connectivity index (χ0n) is 11.0. The Kier molecular flexibility index (Phi) is 4.37. The molecule has 2 aromatic rings. The molecule has 20 heavy (non-hydrogen) atoms. The molecular weight excluding hydrogens is 272 g/mol. The third-order valence-corrected chi connectivity index (χ3v) is 3.02. The van der Waals surface area contributed by atoms with Crippen molar-refractivity contribution in [2.75, 3.05) is 7.05 Å². The lowest BCUT2D eigenvalue weighted by Crippen LogP contribution is -2.27. The molecule has 0 atom stereocenters. The highest BCUT2D eigenvalue weighted by atomic mass is 32.1. The first-order chi connectivity index (χ1) is 9.58. The summed E-state index contributed by atoms with van der Waals surface area (Å²) in [5.41, 5.74) is 7.51. The van der Waals surface area contributed by atoms with E-state index in [9.17, 15) is 4.79 Å². The number of nitrogens with zero attached hydrogens (tertiary/aromatic N) is 3. The lowest BCUT2D eigenvalue weighted by atomic mass is 10.2. The highest BCUT2D eigenvalue weighted by Crippen LogP contribution is 2.07.